The van der Waals surface area contributed by atoms with Crippen molar-refractivity contribution >= 4 is 35.8 Å². The van der Waals surface area contributed by atoms with Crippen LogP contribution in [0.1, 0.15) is 36.8 Å². The number of hydrazine groups is 1. The molecule has 5 nitrogen and oxygen atoms in total. The molecule has 1 rings (SSSR count). The number of hydrogen-bond donors (Lipinski definition) is 3. The van der Waals surface area contributed by atoms with E-state index >= 15 is 0 Å². The summed E-state index contributed by atoms with van der Waals surface area (Å²) < 4.78 is 0. The van der Waals surface area contributed by atoms with E-state index in [9.17, 15) is 4.79 Å². The monoisotopic (exact) mass is 279 g/mol. The first-order valence-corrected chi connectivity index (χ1v) is 5.06. The molecule has 1 heterocycles. The first-order valence-electron chi connectivity index (χ1n) is 4.68. The van der Waals surface area contributed by atoms with E-state index in [1.54, 1.807) is 0 Å². The van der Waals surface area contributed by atoms with Gasteiger partial charge in [0.1, 0.15) is 0 Å². The molecular formula is C10H15Cl2N3O2. The van der Waals surface area contributed by atoms with E-state index in [2.05, 4.69) is 10.4 Å². The fourth-order valence-electron chi connectivity index (χ4n) is 1.32. The van der Waals surface area contributed by atoms with E-state index in [0.717, 1.165) is 0 Å². The lowest BCUT2D eigenvalue weighted by atomic mass is 9.88. The number of carbonyl (C=O) groups is 1. The maximum atomic E-state index is 11.1. The Morgan fingerprint density at radius 1 is 1.53 bits per heavy atom. The number of hydrogen-bond acceptors (Lipinski definition) is 4. The number of carboxylic acids is 1. The van der Waals surface area contributed by atoms with Crippen molar-refractivity contribution < 1.29 is 9.90 Å². The van der Waals surface area contributed by atoms with Gasteiger partial charge in [0.15, 0.2) is 5.82 Å². The van der Waals surface area contributed by atoms with Crippen LogP contribution in [-0.4, -0.2) is 16.1 Å². The van der Waals surface area contributed by atoms with E-state index in [-0.39, 0.29) is 28.8 Å². The Kier molecular flexibility index (Phi) is 5.19. The number of anilines is 1. The van der Waals surface area contributed by atoms with Crippen LogP contribution in [0.5, 0.6) is 0 Å². The minimum Gasteiger partial charge on any atom is -0.478 e. The van der Waals surface area contributed by atoms with Crippen LogP contribution in [0.15, 0.2) is 6.07 Å². The van der Waals surface area contributed by atoms with Gasteiger partial charge in [0.2, 0.25) is 0 Å². The molecule has 1 aromatic rings. The van der Waals surface area contributed by atoms with Crippen LogP contribution >= 0.6 is 24.0 Å². The van der Waals surface area contributed by atoms with Crippen molar-refractivity contribution in [3.63, 3.8) is 0 Å². The smallest absolute Gasteiger partial charge is 0.337 e. The van der Waals surface area contributed by atoms with Crippen LogP contribution < -0.4 is 11.3 Å². The maximum absolute atomic E-state index is 11.1. The third kappa shape index (κ3) is 3.46. The summed E-state index contributed by atoms with van der Waals surface area (Å²) in [6.07, 6.45) is 0. The highest BCUT2D eigenvalue weighted by Crippen LogP contribution is 2.29. The summed E-state index contributed by atoms with van der Waals surface area (Å²) in [5.74, 6) is 4.47. The van der Waals surface area contributed by atoms with Gasteiger partial charge in [-0.3, -0.25) is 0 Å². The molecule has 0 amide bonds. The fraction of sp³-hybridized carbons (Fsp3) is 0.400. The van der Waals surface area contributed by atoms with Crippen LogP contribution in [0.2, 0.25) is 5.02 Å². The second-order valence-corrected chi connectivity index (χ2v) is 4.82. The molecule has 17 heavy (non-hydrogen) atoms. The standard InChI is InChI=1S/C10H14ClN3O2.ClH/c1-10(2,3)7-5(9(15)16)4-6(11)8(13-7)14-12;/h4H,12H2,1-3H3,(H,13,14)(H,15,16);1H. The van der Waals surface area contributed by atoms with Crippen LogP contribution in [0.4, 0.5) is 5.82 Å². The Balaban J connectivity index is 0.00000256. The molecule has 0 atom stereocenters. The van der Waals surface area contributed by atoms with E-state index in [0.29, 0.717) is 5.69 Å². The van der Waals surface area contributed by atoms with Gasteiger partial charge in [0.25, 0.3) is 0 Å². The Morgan fingerprint density at radius 3 is 2.41 bits per heavy atom. The number of rotatable bonds is 2. The molecule has 0 saturated carbocycles. The summed E-state index contributed by atoms with van der Waals surface area (Å²) >= 11 is 5.83. The first kappa shape index (κ1) is 16.0. The number of nitrogens with one attached hydrogen (secondary N) is 1. The van der Waals surface area contributed by atoms with Gasteiger partial charge in [-0.1, -0.05) is 32.4 Å². The molecule has 0 aliphatic heterocycles. The van der Waals surface area contributed by atoms with E-state index in [4.69, 9.17) is 22.6 Å². The van der Waals surface area contributed by atoms with Gasteiger partial charge >= 0.3 is 5.97 Å². The fourth-order valence-corrected chi connectivity index (χ4v) is 1.53. The number of nitrogens with two attached hydrogens (primary N) is 1. The first-order chi connectivity index (χ1) is 7.27. The molecule has 4 N–H and O–H groups in total. The van der Waals surface area contributed by atoms with Crippen molar-refractivity contribution in [2.75, 3.05) is 5.43 Å². The third-order valence-electron chi connectivity index (χ3n) is 2.05. The minimum absolute atomic E-state index is 0. The van der Waals surface area contributed by atoms with Crippen LogP contribution in [0.25, 0.3) is 0 Å². The molecule has 96 valence electrons. The second kappa shape index (κ2) is 5.53. The summed E-state index contributed by atoms with van der Waals surface area (Å²) in [7, 11) is 0. The number of carboxylic acid groups (broad SMARTS) is 1. The zero-order chi connectivity index (χ0) is 12.5. The second-order valence-electron chi connectivity index (χ2n) is 4.41. The topological polar surface area (TPSA) is 88.2 Å². The summed E-state index contributed by atoms with van der Waals surface area (Å²) in [6, 6.07) is 1.35. The van der Waals surface area contributed by atoms with E-state index in [1.807, 2.05) is 20.8 Å². The number of nitrogen functional groups attached to an aromatic ring is 1. The average molecular weight is 280 g/mol. The van der Waals surface area contributed by atoms with Gasteiger partial charge in [0.05, 0.1) is 16.3 Å². The SMILES string of the molecule is CC(C)(C)c1nc(NN)c(Cl)cc1C(=O)O.Cl. The van der Waals surface area contributed by atoms with Gasteiger partial charge in [-0.2, -0.15) is 0 Å². The molecule has 0 spiro atoms. The Hall–Kier alpha value is -1.04. The molecule has 7 heteroatoms. The van der Waals surface area contributed by atoms with Gasteiger partial charge in [-0.05, 0) is 6.07 Å². The number of pyridine rings is 1. The summed E-state index contributed by atoms with van der Waals surface area (Å²) in [5.41, 5.74) is 2.47. The molecule has 0 aliphatic rings. The van der Waals surface area contributed by atoms with Gasteiger partial charge in [-0.15, -0.1) is 12.4 Å². The largest absolute Gasteiger partial charge is 0.478 e. The van der Waals surface area contributed by atoms with Gasteiger partial charge < -0.3 is 10.5 Å². The van der Waals surface area contributed by atoms with Crippen LogP contribution in [0.3, 0.4) is 0 Å². The molecule has 0 saturated heterocycles. The highest BCUT2D eigenvalue weighted by Gasteiger charge is 2.25. The van der Waals surface area contributed by atoms with Crippen LogP contribution in [-0.2, 0) is 5.41 Å². The van der Waals surface area contributed by atoms with E-state index in [1.165, 1.54) is 6.07 Å². The lowest BCUT2D eigenvalue weighted by Gasteiger charge is -2.21. The van der Waals surface area contributed by atoms with Crippen molar-refractivity contribution in [1.29, 1.82) is 0 Å². The van der Waals surface area contributed by atoms with Gasteiger partial charge in [-0.25, -0.2) is 15.6 Å². The molecule has 0 aliphatic carbocycles. The highest BCUT2D eigenvalue weighted by molar-refractivity contribution is 6.33. The normalized spacial score (nSPS) is 10.6. The molecule has 0 aromatic carbocycles. The van der Waals surface area contributed by atoms with Crippen molar-refractivity contribution in [1.82, 2.24) is 4.98 Å². The lowest BCUT2D eigenvalue weighted by Crippen LogP contribution is -2.21. The predicted molar refractivity (Wildman–Crippen MR) is 70.0 cm³/mol. The molecular weight excluding hydrogens is 265 g/mol. The van der Waals surface area contributed by atoms with Crippen molar-refractivity contribution in [2.24, 2.45) is 5.84 Å². The zero-order valence-corrected chi connectivity index (χ0v) is 11.3. The number of aromatic nitrogens is 1. The Bertz CT molecular complexity index is 430. The molecule has 1 aromatic heterocycles. The van der Waals surface area contributed by atoms with Crippen molar-refractivity contribution in [3.8, 4) is 0 Å². The maximum Gasteiger partial charge on any atom is 0.337 e. The van der Waals surface area contributed by atoms with Gasteiger partial charge in [0, 0.05) is 5.41 Å². The highest BCUT2D eigenvalue weighted by atomic mass is 35.5. The molecule has 0 radical (unpaired) electrons. The average Bonchev–Trinajstić information content (AvgIpc) is 2.15. The Labute approximate surface area is 111 Å². The predicted octanol–water partition coefficient (Wildman–Crippen LogP) is 2.44. The summed E-state index contributed by atoms with van der Waals surface area (Å²) in [5, 5.41) is 9.25. The Morgan fingerprint density at radius 2 is 2.06 bits per heavy atom. The summed E-state index contributed by atoms with van der Waals surface area (Å²) in [6.45, 7) is 5.61. The summed E-state index contributed by atoms with van der Waals surface area (Å²) in [4.78, 5) is 15.2. The van der Waals surface area contributed by atoms with Crippen LogP contribution in [0, 0.1) is 0 Å². The lowest BCUT2D eigenvalue weighted by molar-refractivity contribution is 0.0693. The third-order valence-corrected chi connectivity index (χ3v) is 2.34. The molecule has 0 unspecified atom stereocenters. The number of halogens is 2. The zero-order valence-electron chi connectivity index (χ0n) is 9.74. The molecule has 0 bridgehead atoms. The number of aromatic carboxylic acids is 1. The number of nitrogens with zero attached hydrogens (tertiary/aromatic N) is 1. The quantitative estimate of drug-likeness (QED) is 0.572. The molecule has 0 fully saturated rings. The van der Waals surface area contributed by atoms with E-state index < -0.39 is 11.4 Å². The van der Waals surface area contributed by atoms with Crippen molar-refractivity contribution in [2.45, 2.75) is 26.2 Å². The van der Waals surface area contributed by atoms with Crippen molar-refractivity contribution in [3.05, 3.63) is 22.3 Å². The minimum atomic E-state index is -1.05.